The second-order valence-electron chi connectivity index (χ2n) is 3.63. The molecule has 1 rings (SSSR count). The Kier molecular flexibility index (Phi) is 5.92. The van der Waals surface area contributed by atoms with Crippen molar-refractivity contribution in [3.8, 4) is 0 Å². The number of thioether (sulfide) groups is 1. The van der Waals surface area contributed by atoms with E-state index in [1.807, 2.05) is 0 Å². The van der Waals surface area contributed by atoms with Crippen molar-refractivity contribution in [2.45, 2.75) is 38.1 Å². The van der Waals surface area contributed by atoms with E-state index >= 15 is 0 Å². The Balaban J connectivity index is 2.36. The Labute approximate surface area is 104 Å². The fourth-order valence-corrected chi connectivity index (χ4v) is 2.06. The van der Waals surface area contributed by atoms with E-state index in [4.69, 9.17) is 10.8 Å². The van der Waals surface area contributed by atoms with Gasteiger partial charge >= 0.3 is 5.97 Å². The predicted molar refractivity (Wildman–Crippen MR) is 64.5 cm³/mol. The molecule has 0 aliphatic carbocycles. The van der Waals surface area contributed by atoms with E-state index in [1.165, 1.54) is 11.8 Å². The zero-order chi connectivity index (χ0) is 12.7. The molecule has 0 amide bonds. The van der Waals surface area contributed by atoms with Gasteiger partial charge in [-0.2, -0.15) is 11.8 Å². The standard InChI is InChI=1S/C9H17N5O2S/c1-2-3-4-14-8(11-12-13-14)6-17-5-7(10)9(15)16/h7H,2-6,10H2,1H3,(H,15,16)/t7-/m0/s1. The van der Waals surface area contributed by atoms with Gasteiger partial charge in [0.2, 0.25) is 0 Å². The van der Waals surface area contributed by atoms with Gasteiger partial charge in [0, 0.05) is 12.3 Å². The molecular weight excluding hydrogens is 242 g/mol. The van der Waals surface area contributed by atoms with Crippen LogP contribution in [0.5, 0.6) is 0 Å². The molecule has 1 atom stereocenters. The first kappa shape index (κ1) is 13.9. The highest BCUT2D eigenvalue weighted by atomic mass is 32.2. The van der Waals surface area contributed by atoms with Gasteiger partial charge in [-0.05, 0) is 16.8 Å². The largest absolute Gasteiger partial charge is 0.480 e. The number of carboxylic acid groups (broad SMARTS) is 1. The Morgan fingerprint density at radius 2 is 2.41 bits per heavy atom. The van der Waals surface area contributed by atoms with Crippen LogP contribution in [0.25, 0.3) is 0 Å². The minimum Gasteiger partial charge on any atom is -0.480 e. The summed E-state index contributed by atoms with van der Waals surface area (Å²) in [5, 5.41) is 20.0. The van der Waals surface area contributed by atoms with Crippen molar-refractivity contribution in [1.82, 2.24) is 20.2 Å². The molecule has 0 aliphatic rings. The third-order valence-electron chi connectivity index (χ3n) is 2.18. The van der Waals surface area contributed by atoms with E-state index in [1.54, 1.807) is 4.68 Å². The number of hydrogen-bond donors (Lipinski definition) is 2. The molecule has 0 saturated carbocycles. The molecule has 8 heteroatoms. The van der Waals surface area contributed by atoms with E-state index < -0.39 is 12.0 Å². The molecule has 0 aliphatic heterocycles. The van der Waals surface area contributed by atoms with Gasteiger partial charge in [0.25, 0.3) is 0 Å². The summed E-state index contributed by atoms with van der Waals surface area (Å²) in [7, 11) is 0. The highest BCUT2D eigenvalue weighted by molar-refractivity contribution is 7.98. The van der Waals surface area contributed by atoms with Crippen LogP contribution in [0, 0.1) is 0 Å². The van der Waals surface area contributed by atoms with Gasteiger partial charge in [-0.3, -0.25) is 4.79 Å². The maximum Gasteiger partial charge on any atom is 0.321 e. The third-order valence-corrected chi connectivity index (χ3v) is 3.23. The summed E-state index contributed by atoms with van der Waals surface area (Å²) in [4.78, 5) is 10.5. The first-order valence-electron chi connectivity index (χ1n) is 5.46. The molecule has 17 heavy (non-hydrogen) atoms. The van der Waals surface area contributed by atoms with E-state index in [0.29, 0.717) is 11.5 Å². The molecule has 0 saturated heterocycles. The maximum absolute atomic E-state index is 10.5. The first-order chi connectivity index (χ1) is 8.15. The highest BCUT2D eigenvalue weighted by Gasteiger charge is 2.12. The van der Waals surface area contributed by atoms with Crippen LogP contribution in [0.2, 0.25) is 0 Å². The minimum atomic E-state index is -0.983. The van der Waals surface area contributed by atoms with E-state index in [2.05, 4.69) is 22.4 Å². The normalized spacial score (nSPS) is 12.6. The molecule has 1 aromatic rings. The monoisotopic (exact) mass is 259 g/mol. The molecule has 1 aromatic heterocycles. The number of unbranched alkanes of at least 4 members (excludes halogenated alkanes) is 1. The van der Waals surface area contributed by atoms with Gasteiger partial charge in [-0.25, -0.2) is 4.68 Å². The number of aromatic nitrogens is 4. The van der Waals surface area contributed by atoms with Crippen LogP contribution in [0.15, 0.2) is 0 Å². The number of nitrogens with zero attached hydrogens (tertiary/aromatic N) is 4. The Bertz CT molecular complexity index is 357. The van der Waals surface area contributed by atoms with Crippen molar-refractivity contribution < 1.29 is 9.90 Å². The van der Waals surface area contributed by atoms with Gasteiger partial charge in [-0.15, -0.1) is 5.10 Å². The first-order valence-corrected chi connectivity index (χ1v) is 6.61. The lowest BCUT2D eigenvalue weighted by Gasteiger charge is -2.06. The Morgan fingerprint density at radius 1 is 1.65 bits per heavy atom. The molecule has 0 unspecified atom stereocenters. The lowest BCUT2D eigenvalue weighted by Crippen LogP contribution is -2.32. The number of aryl methyl sites for hydroxylation is 1. The van der Waals surface area contributed by atoms with Gasteiger partial charge < -0.3 is 10.8 Å². The smallest absolute Gasteiger partial charge is 0.321 e. The molecule has 0 fully saturated rings. The van der Waals surface area contributed by atoms with Crippen molar-refractivity contribution in [3.63, 3.8) is 0 Å². The number of hydrogen-bond acceptors (Lipinski definition) is 6. The average molecular weight is 259 g/mol. The van der Waals surface area contributed by atoms with Crippen LogP contribution in [0.4, 0.5) is 0 Å². The summed E-state index contributed by atoms with van der Waals surface area (Å²) < 4.78 is 1.75. The number of rotatable bonds is 8. The number of carboxylic acids is 1. The van der Waals surface area contributed by atoms with Gasteiger partial charge in [0.15, 0.2) is 5.82 Å². The summed E-state index contributed by atoms with van der Waals surface area (Å²) in [5.74, 6) is 0.720. The number of carbonyl (C=O) groups is 1. The molecule has 96 valence electrons. The Morgan fingerprint density at radius 3 is 3.06 bits per heavy atom. The summed E-state index contributed by atoms with van der Waals surface area (Å²) in [6, 6.07) is -0.833. The zero-order valence-corrected chi connectivity index (χ0v) is 10.6. The lowest BCUT2D eigenvalue weighted by atomic mass is 10.3. The topological polar surface area (TPSA) is 107 Å². The van der Waals surface area contributed by atoms with Crippen LogP contribution >= 0.6 is 11.8 Å². The zero-order valence-electron chi connectivity index (χ0n) is 9.74. The summed E-state index contributed by atoms with van der Waals surface area (Å²) in [6.07, 6.45) is 2.10. The molecule has 0 spiro atoms. The molecule has 3 N–H and O–H groups in total. The average Bonchev–Trinajstić information content (AvgIpc) is 2.73. The van der Waals surface area contributed by atoms with Crippen molar-refractivity contribution in [3.05, 3.63) is 5.82 Å². The maximum atomic E-state index is 10.5. The second-order valence-corrected chi connectivity index (χ2v) is 4.66. The fraction of sp³-hybridized carbons (Fsp3) is 0.778. The van der Waals surface area contributed by atoms with Crippen LogP contribution < -0.4 is 5.73 Å². The van der Waals surface area contributed by atoms with E-state index in [-0.39, 0.29) is 0 Å². The SMILES string of the molecule is CCCCn1nnnc1CSC[C@H](N)C(=O)O. The van der Waals surface area contributed by atoms with Crippen LogP contribution in [-0.4, -0.2) is 43.1 Å². The van der Waals surface area contributed by atoms with Crippen molar-refractivity contribution >= 4 is 17.7 Å². The quantitative estimate of drug-likeness (QED) is 0.682. The molecule has 0 aromatic carbocycles. The molecule has 7 nitrogen and oxygen atoms in total. The molecular formula is C9H17N5O2S. The van der Waals surface area contributed by atoms with Crippen LogP contribution in [0.1, 0.15) is 25.6 Å². The number of nitrogens with two attached hydrogens (primary N) is 1. The van der Waals surface area contributed by atoms with Crippen molar-refractivity contribution in [2.75, 3.05) is 5.75 Å². The Hall–Kier alpha value is -1.15. The fourth-order valence-electron chi connectivity index (χ4n) is 1.16. The summed E-state index contributed by atoms with van der Waals surface area (Å²) in [5.41, 5.74) is 5.40. The van der Waals surface area contributed by atoms with Crippen LogP contribution in [0.3, 0.4) is 0 Å². The van der Waals surface area contributed by atoms with E-state index in [0.717, 1.165) is 25.2 Å². The van der Waals surface area contributed by atoms with E-state index in [9.17, 15) is 4.79 Å². The molecule has 0 bridgehead atoms. The molecule has 0 radical (unpaired) electrons. The van der Waals surface area contributed by atoms with Gasteiger partial charge in [0.1, 0.15) is 6.04 Å². The van der Waals surface area contributed by atoms with Gasteiger partial charge in [0.05, 0.1) is 5.75 Å². The van der Waals surface area contributed by atoms with Crippen LogP contribution in [-0.2, 0) is 17.1 Å². The van der Waals surface area contributed by atoms with Crippen molar-refractivity contribution in [1.29, 1.82) is 0 Å². The summed E-state index contributed by atoms with van der Waals surface area (Å²) >= 11 is 1.43. The highest BCUT2D eigenvalue weighted by Crippen LogP contribution is 2.10. The number of aliphatic carboxylic acids is 1. The minimum absolute atomic E-state index is 0.357. The second kappa shape index (κ2) is 7.23. The van der Waals surface area contributed by atoms with Gasteiger partial charge in [-0.1, -0.05) is 13.3 Å². The lowest BCUT2D eigenvalue weighted by molar-refractivity contribution is -0.137. The third kappa shape index (κ3) is 4.70. The predicted octanol–water partition coefficient (Wildman–Crippen LogP) is 0.118. The van der Waals surface area contributed by atoms with Crippen molar-refractivity contribution in [2.24, 2.45) is 5.73 Å². The summed E-state index contributed by atoms with van der Waals surface area (Å²) in [6.45, 7) is 2.90. The molecule has 1 heterocycles. The number of tetrazole rings is 1.